The summed E-state index contributed by atoms with van der Waals surface area (Å²) in [5.41, 5.74) is 1.35. The summed E-state index contributed by atoms with van der Waals surface area (Å²) in [4.78, 5) is 26.5. The third-order valence-corrected chi connectivity index (χ3v) is 6.45. The predicted molar refractivity (Wildman–Crippen MR) is 101 cm³/mol. The third-order valence-electron chi connectivity index (χ3n) is 4.70. The topological polar surface area (TPSA) is 95.3 Å². The standard InChI is InChI=1S/C20H18N2O4S/c1-14-17(9-5-8-15-6-3-2-4-7-15)19(23)22(20(24)18(14)12-21)16-10-11-27(25,26)13-16/h2-9,16H,10-11,13H2,1H3/b8-5+,17-9-/t16-/m1/s1. The van der Waals surface area contributed by atoms with Gasteiger partial charge < -0.3 is 0 Å². The molecule has 2 amide bonds. The fraction of sp³-hybridized carbons (Fsp3) is 0.250. The molecule has 2 aliphatic rings. The molecule has 27 heavy (non-hydrogen) atoms. The summed E-state index contributed by atoms with van der Waals surface area (Å²) < 4.78 is 23.5. The van der Waals surface area contributed by atoms with Gasteiger partial charge in [0.1, 0.15) is 11.6 Å². The van der Waals surface area contributed by atoms with E-state index in [2.05, 4.69) is 0 Å². The monoisotopic (exact) mass is 382 g/mol. The first kappa shape index (κ1) is 18.8. The van der Waals surface area contributed by atoms with Gasteiger partial charge in [-0.2, -0.15) is 5.26 Å². The van der Waals surface area contributed by atoms with E-state index >= 15 is 0 Å². The smallest absolute Gasteiger partial charge is 0.270 e. The SMILES string of the molecule is CC1=C(C#N)C(=O)N([C@@H]2CCS(=O)(=O)C2)C(=O)/C1=C\C=C\c1ccccc1. The van der Waals surface area contributed by atoms with E-state index in [0.717, 1.165) is 10.5 Å². The van der Waals surface area contributed by atoms with E-state index in [1.807, 2.05) is 36.4 Å². The van der Waals surface area contributed by atoms with Crippen LogP contribution in [0.5, 0.6) is 0 Å². The zero-order chi connectivity index (χ0) is 19.6. The highest BCUT2D eigenvalue weighted by Crippen LogP contribution is 2.30. The molecule has 2 aliphatic heterocycles. The Balaban J connectivity index is 1.98. The molecule has 0 N–H and O–H groups in total. The first-order chi connectivity index (χ1) is 12.8. The molecule has 0 saturated carbocycles. The van der Waals surface area contributed by atoms with Crippen molar-refractivity contribution < 1.29 is 18.0 Å². The summed E-state index contributed by atoms with van der Waals surface area (Å²) in [7, 11) is -3.28. The van der Waals surface area contributed by atoms with Crippen LogP contribution < -0.4 is 0 Å². The zero-order valence-electron chi connectivity index (χ0n) is 14.8. The van der Waals surface area contributed by atoms with Gasteiger partial charge in [-0.25, -0.2) is 8.42 Å². The van der Waals surface area contributed by atoms with Crippen molar-refractivity contribution in [1.82, 2.24) is 4.90 Å². The van der Waals surface area contributed by atoms with Crippen LogP contribution in [0.4, 0.5) is 0 Å². The second kappa shape index (κ2) is 7.33. The van der Waals surface area contributed by atoms with E-state index in [1.54, 1.807) is 25.2 Å². The van der Waals surface area contributed by atoms with Gasteiger partial charge >= 0.3 is 0 Å². The maximum atomic E-state index is 12.9. The highest BCUT2D eigenvalue weighted by molar-refractivity contribution is 7.91. The number of hydrogen-bond acceptors (Lipinski definition) is 5. The lowest BCUT2D eigenvalue weighted by atomic mass is 9.93. The Morgan fingerprint density at radius 3 is 2.48 bits per heavy atom. The number of rotatable bonds is 3. The van der Waals surface area contributed by atoms with Crippen molar-refractivity contribution >= 4 is 27.7 Å². The molecule has 0 unspecified atom stereocenters. The van der Waals surface area contributed by atoms with Crippen molar-refractivity contribution in [3.8, 4) is 6.07 Å². The van der Waals surface area contributed by atoms with E-state index in [4.69, 9.17) is 0 Å². The normalized spacial score (nSPS) is 24.1. The van der Waals surface area contributed by atoms with Crippen molar-refractivity contribution in [3.05, 3.63) is 64.8 Å². The van der Waals surface area contributed by atoms with Gasteiger partial charge in [0.2, 0.25) is 0 Å². The van der Waals surface area contributed by atoms with Gasteiger partial charge in [-0.1, -0.05) is 42.5 Å². The maximum absolute atomic E-state index is 12.9. The number of nitrogens with zero attached hydrogens (tertiary/aromatic N) is 2. The van der Waals surface area contributed by atoms with Crippen molar-refractivity contribution in [2.24, 2.45) is 0 Å². The minimum absolute atomic E-state index is 0.0632. The van der Waals surface area contributed by atoms with Crippen LogP contribution in [-0.2, 0) is 19.4 Å². The van der Waals surface area contributed by atoms with Crippen LogP contribution in [0.2, 0.25) is 0 Å². The van der Waals surface area contributed by atoms with Crippen LogP contribution in [0.3, 0.4) is 0 Å². The van der Waals surface area contributed by atoms with Gasteiger partial charge in [-0.15, -0.1) is 0 Å². The highest BCUT2D eigenvalue weighted by Gasteiger charge is 2.43. The Labute approximate surface area is 158 Å². The summed E-state index contributed by atoms with van der Waals surface area (Å²) in [5.74, 6) is -1.59. The van der Waals surface area contributed by atoms with Crippen molar-refractivity contribution in [1.29, 1.82) is 5.26 Å². The molecule has 1 aromatic rings. The average Bonchev–Trinajstić information content (AvgIpc) is 2.98. The Morgan fingerprint density at radius 2 is 1.89 bits per heavy atom. The molecule has 0 aromatic heterocycles. The number of carbonyl (C=O) groups excluding carboxylic acids is 2. The van der Waals surface area contributed by atoms with Crippen LogP contribution in [0.1, 0.15) is 18.9 Å². The van der Waals surface area contributed by atoms with E-state index in [1.165, 1.54) is 0 Å². The minimum atomic E-state index is -3.28. The van der Waals surface area contributed by atoms with Crippen LogP contribution in [-0.4, -0.2) is 42.7 Å². The number of benzene rings is 1. The molecule has 1 fully saturated rings. The number of nitriles is 1. The molecule has 2 heterocycles. The zero-order valence-corrected chi connectivity index (χ0v) is 15.6. The molecule has 138 valence electrons. The van der Waals surface area contributed by atoms with Crippen LogP contribution in [0, 0.1) is 11.3 Å². The van der Waals surface area contributed by atoms with Crippen LogP contribution in [0.25, 0.3) is 6.08 Å². The predicted octanol–water partition coefficient (Wildman–Crippen LogP) is 2.02. The molecule has 1 atom stereocenters. The molecule has 7 heteroatoms. The van der Waals surface area contributed by atoms with E-state index in [0.29, 0.717) is 5.57 Å². The van der Waals surface area contributed by atoms with E-state index < -0.39 is 27.7 Å². The quantitative estimate of drug-likeness (QED) is 0.589. The largest absolute Gasteiger partial charge is 0.271 e. The Kier molecular flexibility index (Phi) is 5.10. The summed E-state index contributed by atoms with van der Waals surface area (Å²) in [6.07, 6.45) is 5.25. The fourth-order valence-electron chi connectivity index (χ4n) is 3.26. The molecule has 0 spiro atoms. The number of allylic oxidation sites excluding steroid dienone is 2. The van der Waals surface area contributed by atoms with Gasteiger partial charge in [-0.3, -0.25) is 14.5 Å². The minimum Gasteiger partial charge on any atom is -0.270 e. The number of imide groups is 1. The fourth-order valence-corrected chi connectivity index (χ4v) is 4.96. The number of hydrogen-bond donors (Lipinski definition) is 0. The van der Waals surface area contributed by atoms with Crippen molar-refractivity contribution in [2.45, 2.75) is 19.4 Å². The van der Waals surface area contributed by atoms with Crippen LogP contribution in [0.15, 0.2) is 59.2 Å². The maximum Gasteiger partial charge on any atom is 0.271 e. The molecular formula is C20H18N2O4S. The second-order valence-electron chi connectivity index (χ2n) is 6.50. The first-order valence-electron chi connectivity index (χ1n) is 8.47. The van der Waals surface area contributed by atoms with Crippen molar-refractivity contribution in [3.63, 3.8) is 0 Å². The van der Waals surface area contributed by atoms with Gasteiger partial charge in [0.15, 0.2) is 9.84 Å². The van der Waals surface area contributed by atoms with Gasteiger partial charge in [-0.05, 0) is 30.6 Å². The second-order valence-corrected chi connectivity index (χ2v) is 8.73. The summed E-state index contributed by atoms with van der Waals surface area (Å²) in [5, 5.41) is 9.37. The number of carbonyl (C=O) groups is 2. The highest BCUT2D eigenvalue weighted by atomic mass is 32.2. The van der Waals surface area contributed by atoms with E-state index in [-0.39, 0.29) is 29.1 Å². The average molecular weight is 382 g/mol. The summed E-state index contributed by atoms with van der Waals surface area (Å²) in [6.45, 7) is 1.55. The number of sulfone groups is 1. The summed E-state index contributed by atoms with van der Waals surface area (Å²) in [6, 6.07) is 10.6. The van der Waals surface area contributed by atoms with Crippen LogP contribution >= 0.6 is 0 Å². The van der Waals surface area contributed by atoms with Gasteiger partial charge in [0, 0.05) is 5.57 Å². The molecule has 6 nitrogen and oxygen atoms in total. The molecule has 3 rings (SSSR count). The first-order valence-corrected chi connectivity index (χ1v) is 10.3. The lowest BCUT2D eigenvalue weighted by Gasteiger charge is -2.31. The third kappa shape index (κ3) is 3.76. The number of amides is 2. The van der Waals surface area contributed by atoms with Crippen molar-refractivity contribution in [2.75, 3.05) is 11.5 Å². The Bertz CT molecular complexity index is 1030. The molecule has 0 bridgehead atoms. The lowest BCUT2D eigenvalue weighted by molar-refractivity contribution is -0.142. The molecule has 0 aliphatic carbocycles. The molecular weight excluding hydrogens is 364 g/mol. The Morgan fingerprint density at radius 1 is 1.19 bits per heavy atom. The molecule has 1 aromatic carbocycles. The van der Waals surface area contributed by atoms with Gasteiger partial charge in [0.25, 0.3) is 11.8 Å². The Hall–Kier alpha value is -2.98. The van der Waals surface area contributed by atoms with Gasteiger partial charge in [0.05, 0.1) is 17.5 Å². The summed E-state index contributed by atoms with van der Waals surface area (Å²) >= 11 is 0. The molecule has 1 saturated heterocycles. The molecule has 0 radical (unpaired) electrons. The lowest BCUT2D eigenvalue weighted by Crippen LogP contribution is -2.49. The van der Waals surface area contributed by atoms with E-state index in [9.17, 15) is 23.3 Å².